The average molecular weight is 209 g/mol. The average Bonchev–Trinajstić information content (AvgIpc) is 2.18. The fourth-order valence-electron chi connectivity index (χ4n) is 1.60. The summed E-state index contributed by atoms with van der Waals surface area (Å²) in [5.74, 6) is -0.427. The third-order valence-electron chi connectivity index (χ3n) is 2.34. The highest BCUT2D eigenvalue weighted by atomic mass is 19.1. The van der Waals surface area contributed by atoms with E-state index in [-0.39, 0.29) is 11.5 Å². The van der Waals surface area contributed by atoms with Gasteiger partial charge in [0.2, 0.25) is 0 Å². The summed E-state index contributed by atoms with van der Waals surface area (Å²) >= 11 is 0. The predicted octanol–water partition coefficient (Wildman–Crippen LogP) is 3.23. The molecule has 1 rings (SSSR count). The van der Waals surface area contributed by atoms with E-state index in [1.807, 2.05) is 6.92 Å². The molecule has 0 N–H and O–H groups in total. The van der Waals surface area contributed by atoms with Crippen LogP contribution in [0, 0.1) is 11.7 Å². The first kappa shape index (κ1) is 11.8. The number of rotatable bonds is 5. The molecule has 3 heteroatoms. The Morgan fingerprint density at radius 3 is 2.93 bits per heavy atom. The summed E-state index contributed by atoms with van der Waals surface area (Å²) in [4.78, 5) is 15.4. The summed E-state index contributed by atoms with van der Waals surface area (Å²) in [7, 11) is 0. The second-order valence-corrected chi connectivity index (χ2v) is 3.85. The highest BCUT2D eigenvalue weighted by Crippen LogP contribution is 2.14. The van der Waals surface area contributed by atoms with Crippen LogP contribution in [0.25, 0.3) is 0 Å². The maximum Gasteiger partial charge on any atom is 0.184 e. The second-order valence-electron chi connectivity index (χ2n) is 3.85. The van der Waals surface area contributed by atoms with E-state index in [0.717, 1.165) is 12.8 Å². The number of Topliss-reactive ketones (excluding diaryl/α,β-unsaturated/α-hetero) is 1. The number of carbonyl (C=O) groups is 1. The fourth-order valence-corrected chi connectivity index (χ4v) is 1.60. The lowest BCUT2D eigenvalue weighted by molar-refractivity contribution is 0.0953. The Balaban J connectivity index is 2.65. The Bertz CT molecular complexity index is 338. The maximum absolute atomic E-state index is 13.2. The van der Waals surface area contributed by atoms with Crippen LogP contribution in [-0.4, -0.2) is 10.8 Å². The Morgan fingerprint density at radius 1 is 1.60 bits per heavy atom. The maximum atomic E-state index is 13.2. The van der Waals surface area contributed by atoms with Crippen molar-refractivity contribution < 1.29 is 9.18 Å². The van der Waals surface area contributed by atoms with Crippen molar-refractivity contribution in [2.45, 2.75) is 33.1 Å². The van der Waals surface area contributed by atoms with Crippen molar-refractivity contribution in [3.8, 4) is 0 Å². The lowest BCUT2D eigenvalue weighted by Gasteiger charge is -2.08. The summed E-state index contributed by atoms with van der Waals surface area (Å²) in [5, 5.41) is 0. The smallest absolute Gasteiger partial charge is 0.184 e. The van der Waals surface area contributed by atoms with Gasteiger partial charge in [0.15, 0.2) is 11.6 Å². The topological polar surface area (TPSA) is 30.0 Å². The summed E-state index contributed by atoms with van der Waals surface area (Å²) in [6.07, 6.45) is 3.85. The zero-order chi connectivity index (χ0) is 11.3. The van der Waals surface area contributed by atoms with Gasteiger partial charge in [-0.2, -0.15) is 0 Å². The first-order valence-corrected chi connectivity index (χ1v) is 5.28. The quantitative estimate of drug-likeness (QED) is 0.697. The van der Waals surface area contributed by atoms with Crippen molar-refractivity contribution >= 4 is 5.78 Å². The molecule has 1 aromatic heterocycles. The number of ketones is 1. The molecule has 82 valence electrons. The van der Waals surface area contributed by atoms with Crippen LogP contribution in [-0.2, 0) is 0 Å². The zero-order valence-corrected chi connectivity index (χ0v) is 9.16. The molecule has 0 aliphatic rings. The lowest BCUT2D eigenvalue weighted by atomic mass is 9.98. The summed E-state index contributed by atoms with van der Waals surface area (Å²) in [6, 6.07) is 2.76. The van der Waals surface area contributed by atoms with Gasteiger partial charge in [0, 0.05) is 12.6 Å². The van der Waals surface area contributed by atoms with Gasteiger partial charge in [-0.05, 0) is 18.1 Å². The Kier molecular flexibility index (Phi) is 4.40. The van der Waals surface area contributed by atoms with Crippen LogP contribution in [0.3, 0.4) is 0 Å². The van der Waals surface area contributed by atoms with Crippen molar-refractivity contribution in [3.05, 3.63) is 29.8 Å². The van der Waals surface area contributed by atoms with E-state index in [2.05, 4.69) is 11.9 Å². The summed E-state index contributed by atoms with van der Waals surface area (Å²) in [6.45, 7) is 4.07. The van der Waals surface area contributed by atoms with Crippen molar-refractivity contribution in [2.24, 2.45) is 5.92 Å². The molecule has 0 aliphatic carbocycles. The SMILES string of the molecule is CCCC(C)CC(=O)c1ncccc1F. The van der Waals surface area contributed by atoms with Crippen LogP contribution < -0.4 is 0 Å². The number of pyridine rings is 1. The molecule has 1 atom stereocenters. The van der Waals surface area contributed by atoms with Gasteiger partial charge in [0.05, 0.1) is 0 Å². The van der Waals surface area contributed by atoms with E-state index in [1.165, 1.54) is 18.3 Å². The summed E-state index contributed by atoms with van der Waals surface area (Å²) < 4.78 is 13.2. The molecule has 0 fully saturated rings. The van der Waals surface area contributed by atoms with Crippen LogP contribution in [0.4, 0.5) is 4.39 Å². The molecular weight excluding hydrogens is 193 g/mol. The van der Waals surface area contributed by atoms with Gasteiger partial charge in [0.25, 0.3) is 0 Å². The van der Waals surface area contributed by atoms with Gasteiger partial charge in [-0.3, -0.25) is 9.78 Å². The van der Waals surface area contributed by atoms with E-state index in [1.54, 1.807) is 0 Å². The third kappa shape index (κ3) is 3.42. The molecule has 0 spiro atoms. The number of hydrogen-bond acceptors (Lipinski definition) is 2. The van der Waals surface area contributed by atoms with E-state index in [0.29, 0.717) is 12.3 Å². The van der Waals surface area contributed by atoms with Gasteiger partial charge in [-0.25, -0.2) is 4.39 Å². The minimum absolute atomic E-state index is 0.0274. The van der Waals surface area contributed by atoms with Crippen molar-refractivity contribution in [3.63, 3.8) is 0 Å². The first-order valence-electron chi connectivity index (χ1n) is 5.28. The number of hydrogen-bond donors (Lipinski definition) is 0. The van der Waals surface area contributed by atoms with Crippen LogP contribution >= 0.6 is 0 Å². The minimum atomic E-state index is -0.522. The Labute approximate surface area is 89.5 Å². The molecule has 1 heterocycles. The molecule has 0 aliphatic heterocycles. The zero-order valence-electron chi connectivity index (χ0n) is 9.16. The molecule has 0 saturated heterocycles. The van der Waals surface area contributed by atoms with E-state index in [4.69, 9.17) is 0 Å². The number of carbonyl (C=O) groups excluding carboxylic acids is 1. The Morgan fingerprint density at radius 2 is 2.33 bits per heavy atom. The predicted molar refractivity (Wildman–Crippen MR) is 57.2 cm³/mol. The molecule has 1 aromatic rings. The van der Waals surface area contributed by atoms with Crippen molar-refractivity contribution in [1.82, 2.24) is 4.98 Å². The van der Waals surface area contributed by atoms with Gasteiger partial charge in [-0.15, -0.1) is 0 Å². The van der Waals surface area contributed by atoms with Gasteiger partial charge in [0.1, 0.15) is 5.69 Å². The first-order chi connectivity index (χ1) is 7.15. The molecule has 1 unspecified atom stereocenters. The molecule has 0 aromatic carbocycles. The molecule has 0 amide bonds. The number of aromatic nitrogens is 1. The standard InChI is InChI=1S/C12H16FNO/c1-3-5-9(2)8-11(15)12-10(13)6-4-7-14-12/h4,6-7,9H,3,5,8H2,1-2H3. The fraction of sp³-hybridized carbons (Fsp3) is 0.500. The number of nitrogens with zero attached hydrogens (tertiary/aromatic N) is 1. The van der Waals surface area contributed by atoms with Gasteiger partial charge in [-0.1, -0.05) is 26.7 Å². The van der Waals surface area contributed by atoms with Crippen LogP contribution in [0.1, 0.15) is 43.6 Å². The number of halogens is 1. The largest absolute Gasteiger partial charge is 0.292 e. The third-order valence-corrected chi connectivity index (χ3v) is 2.34. The van der Waals surface area contributed by atoms with Crippen LogP contribution in [0.2, 0.25) is 0 Å². The lowest BCUT2D eigenvalue weighted by Crippen LogP contribution is -2.09. The van der Waals surface area contributed by atoms with Crippen LogP contribution in [0.15, 0.2) is 18.3 Å². The molecule has 2 nitrogen and oxygen atoms in total. The van der Waals surface area contributed by atoms with E-state index in [9.17, 15) is 9.18 Å². The van der Waals surface area contributed by atoms with Crippen molar-refractivity contribution in [1.29, 1.82) is 0 Å². The second kappa shape index (κ2) is 5.59. The normalized spacial score (nSPS) is 12.5. The highest BCUT2D eigenvalue weighted by Gasteiger charge is 2.15. The molecule has 0 bridgehead atoms. The minimum Gasteiger partial charge on any atom is -0.292 e. The highest BCUT2D eigenvalue weighted by molar-refractivity contribution is 5.94. The van der Waals surface area contributed by atoms with Crippen LogP contribution in [0.5, 0.6) is 0 Å². The molecule has 0 radical (unpaired) electrons. The van der Waals surface area contributed by atoms with E-state index < -0.39 is 5.82 Å². The molecule has 0 saturated carbocycles. The van der Waals surface area contributed by atoms with E-state index >= 15 is 0 Å². The Hall–Kier alpha value is -1.25. The monoisotopic (exact) mass is 209 g/mol. The van der Waals surface area contributed by atoms with Gasteiger partial charge >= 0.3 is 0 Å². The summed E-state index contributed by atoms with van der Waals surface area (Å²) in [5.41, 5.74) is -0.0274. The van der Waals surface area contributed by atoms with Crippen molar-refractivity contribution in [2.75, 3.05) is 0 Å². The van der Waals surface area contributed by atoms with Gasteiger partial charge < -0.3 is 0 Å². The molecular formula is C12H16FNO. The molecule has 15 heavy (non-hydrogen) atoms.